The van der Waals surface area contributed by atoms with Crippen LogP contribution in [0.25, 0.3) is 0 Å². The van der Waals surface area contributed by atoms with Gasteiger partial charge in [-0.15, -0.1) is 0 Å². The van der Waals surface area contributed by atoms with E-state index in [1.165, 1.54) is 17.3 Å². The first-order valence-electron chi connectivity index (χ1n) is 10.6. The number of carbonyl (C=O) groups is 1. The molecule has 3 rings (SSSR count). The van der Waals surface area contributed by atoms with Crippen LogP contribution in [0.4, 0.5) is 0 Å². The fraction of sp³-hybridized carbons (Fsp3) is 0.320. The van der Waals surface area contributed by atoms with Crippen LogP contribution in [0.15, 0.2) is 76.7 Å². The highest BCUT2D eigenvalue weighted by Crippen LogP contribution is 2.20. The summed E-state index contributed by atoms with van der Waals surface area (Å²) in [6, 6.07) is 21.8. The molecule has 5 nitrogen and oxygen atoms in total. The van der Waals surface area contributed by atoms with Crippen LogP contribution in [0.2, 0.25) is 0 Å². The minimum absolute atomic E-state index is 0.0366. The van der Waals surface area contributed by atoms with Gasteiger partial charge in [0.2, 0.25) is 5.91 Å². The largest absolute Gasteiger partial charge is 0.349 e. The molecule has 0 aliphatic rings. The molecular weight excluding hydrogens is 406 g/mol. The highest BCUT2D eigenvalue weighted by Gasteiger charge is 2.15. The SMILES string of the molecule is CCc1cc(=O)n(C)c(SCCCC(=O)NC(Cc2ccccc2)c2ccccc2)n1. The van der Waals surface area contributed by atoms with Crippen LogP contribution in [0.1, 0.15) is 42.6 Å². The zero-order valence-electron chi connectivity index (χ0n) is 18.1. The molecule has 6 heteroatoms. The van der Waals surface area contributed by atoms with Crippen molar-refractivity contribution in [1.82, 2.24) is 14.9 Å². The van der Waals surface area contributed by atoms with E-state index in [9.17, 15) is 9.59 Å². The van der Waals surface area contributed by atoms with Gasteiger partial charge in [0.25, 0.3) is 5.56 Å². The molecule has 0 spiro atoms. The van der Waals surface area contributed by atoms with E-state index in [2.05, 4.69) is 34.6 Å². The molecule has 0 bridgehead atoms. The number of amides is 1. The molecule has 0 aliphatic heterocycles. The lowest BCUT2D eigenvalue weighted by Crippen LogP contribution is -2.29. The number of benzene rings is 2. The molecule has 1 unspecified atom stereocenters. The van der Waals surface area contributed by atoms with Gasteiger partial charge in [-0.3, -0.25) is 14.2 Å². The minimum atomic E-state index is -0.0625. The van der Waals surface area contributed by atoms with E-state index >= 15 is 0 Å². The van der Waals surface area contributed by atoms with E-state index in [-0.39, 0.29) is 17.5 Å². The van der Waals surface area contributed by atoms with E-state index in [4.69, 9.17) is 0 Å². The molecule has 0 saturated carbocycles. The van der Waals surface area contributed by atoms with Gasteiger partial charge >= 0.3 is 0 Å². The van der Waals surface area contributed by atoms with Gasteiger partial charge in [0, 0.05) is 31.0 Å². The first kappa shape index (κ1) is 22.8. The predicted octanol–water partition coefficient (Wildman–Crippen LogP) is 4.32. The maximum absolute atomic E-state index is 12.7. The van der Waals surface area contributed by atoms with Crippen LogP contribution in [-0.4, -0.2) is 21.2 Å². The first-order chi connectivity index (χ1) is 15.1. The zero-order valence-corrected chi connectivity index (χ0v) is 18.9. The lowest BCUT2D eigenvalue weighted by molar-refractivity contribution is -0.121. The number of aryl methyl sites for hydroxylation is 1. The molecule has 3 aromatic rings. The Labute approximate surface area is 187 Å². The molecule has 1 atom stereocenters. The summed E-state index contributed by atoms with van der Waals surface area (Å²) in [5.41, 5.74) is 3.05. The van der Waals surface area contributed by atoms with Gasteiger partial charge in [0.15, 0.2) is 5.16 Å². The molecule has 0 fully saturated rings. The van der Waals surface area contributed by atoms with Crippen LogP contribution in [-0.2, 0) is 24.7 Å². The summed E-state index contributed by atoms with van der Waals surface area (Å²) in [6.45, 7) is 1.99. The van der Waals surface area contributed by atoms with Crippen molar-refractivity contribution >= 4 is 17.7 Å². The summed E-state index contributed by atoms with van der Waals surface area (Å²) < 4.78 is 1.56. The van der Waals surface area contributed by atoms with Gasteiger partial charge in [-0.2, -0.15) is 0 Å². The lowest BCUT2D eigenvalue weighted by Gasteiger charge is -2.19. The van der Waals surface area contributed by atoms with Gasteiger partial charge in [-0.25, -0.2) is 4.98 Å². The van der Waals surface area contributed by atoms with Crippen molar-refractivity contribution in [2.75, 3.05) is 5.75 Å². The van der Waals surface area contributed by atoms with Crippen molar-refractivity contribution in [2.45, 2.75) is 43.8 Å². The Morgan fingerprint density at radius 1 is 1.10 bits per heavy atom. The molecule has 31 heavy (non-hydrogen) atoms. The average molecular weight is 436 g/mol. The summed E-state index contributed by atoms with van der Waals surface area (Å²) in [5, 5.41) is 3.90. The predicted molar refractivity (Wildman–Crippen MR) is 126 cm³/mol. The van der Waals surface area contributed by atoms with Gasteiger partial charge in [-0.05, 0) is 30.4 Å². The normalized spacial score (nSPS) is 11.8. The Balaban J connectivity index is 1.55. The summed E-state index contributed by atoms with van der Waals surface area (Å²) in [6.07, 6.45) is 2.64. The second-order valence-corrected chi connectivity index (χ2v) is 8.52. The molecular formula is C25H29N3O2S. The van der Waals surface area contributed by atoms with Gasteiger partial charge in [-0.1, -0.05) is 79.3 Å². The highest BCUT2D eigenvalue weighted by molar-refractivity contribution is 7.99. The van der Waals surface area contributed by atoms with Crippen molar-refractivity contribution in [3.05, 3.63) is 93.9 Å². The topological polar surface area (TPSA) is 64.0 Å². The molecule has 0 radical (unpaired) electrons. The Kier molecular flexibility index (Phi) is 8.47. The molecule has 0 aliphatic carbocycles. The number of rotatable bonds is 10. The van der Waals surface area contributed by atoms with Crippen LogP contribution >= 0.6 is 11.8 Å². The van der Waals surface area contributed by atoms with Crippen molar-refractivity contribution in [1.29, 1.82) is 0 Å². The summed E-state index contributed by atoms with van der Waals surface area (Å²) >= 11 is 1.52. The summed E-state index contributed by atoms with van der Waals surface area (Å²) in [4.78, 5) is 29.2. The van der Waals surface area contributed by atoms with E-state index < -0.39 is 0 Å². The Morgan fingerprint density at radius 2 is 1.77 bits per heavy atom. The van der Waals surface area contributed by atoms with Crippen molar-refractivity contribution < 1.29 is 4.79 Å². The number of nitrogens with one attached hydrogen (secondary N) is 1. The number of aromatic nitrogens is 2. The van der Waals surface area contributed by atoms with E-state index in [1.54, 1.807) is 17.7 Å². The minimum Gasteiger partial charge on any atom is -0.349 e. The van der Waals surface area contributed by atoms with Crippen molar-refractivity contribution in [3.63, 3.8) is 0 Å². The smallest absolute Gasteiger partial charge is 0.254 e. The number of carbonyl (C=O) groups excluding carboxylic acids is 1. The van der Waals surface area contributed by atoms with Crippen molar-refractivity contribution in [3.8, 4) is 0 Å². The van der Waals surface area contributed by atoms with E-state index in [1.807, 2.05) is 43.3 Å². The fourth-order valence-electron chi connectivity index (χ4n) is 3.32. The third-order valence-electron chi connectivity index (χ3n) is 5.11. The third kappa shape index (κ3) is 6.82. The standard InChI is InChI=1S/C25H29N3O2S/c1-3-21-18-24(30)28(2)25(26-21)31-16-10-15-23(29)27-22(20-13-8-5-9-14-20)17-19-11-6-4-7-12-19/h4-9,11-14,18,22H,3,10,15-17H2,1-2H3,(H,27,29). The van der Waals surface area contributed by atoms with Crippen molar-refractivity contribution in [2.24, 2.45) is 7.05 Å². The fourth-order valence-corrected chi connectivity index (χ4v) is 4.26. The van der Waals surface area contributed by atoms with Crippen LogP contribution in [0.3, 0.4) is 0 Å². The van der Waals surface area contributed by atoms with E-state index in [0.717, 1.165) is 36.3 Å². The molecule has 0 saturated heterocycles. The summed E-state index contributed by atoms with van der Waals surface area (Å²) in [7, 11) is 1.73. The Morgan fingerprint density at radius 3 is 2.45 bits per heavy atom. The Hall–Kier alpha value is -2.86. The molecule has 1 heterocycles. The molecule has 1 amide bonds. The molecule has 1 aromatic heterocycles. The number of thioether (sulfide) groups is 1. The average Bonchev–Trinajstić information content (AvgIpc) is 2.80. The van der Waals surface area contributed by atoms with Crippen LogP contribution < -0.4 is 10.9 Å². The monoisotopic (exact) mass is 435 g/mol. The van der Waals surface area contributed by atoms with Crippen LogP contribution in [0.5, 0.6) is 0 Å². The zero-order chi connectivity index (χ0) is 22.1. The van der Waals surface area contributed by atoms with E-state index in [0.29, 0.717) is 11.6 Å². The highest BCUT2D eigenvalue weighted by atomic mass is 32.2. The first-order valence-corrected chi connectivity index (χ1v) is 11.6. The number of hydrogen-bond donors (Lipinski definition) is 1. The molecule has 2 aromatic carbocycles. The second kappa shape index (κ2) is 11.5. The number of hydrogen-bond acceptors (Lipinski definition) is 4. The maximum atomic E-state index is 12.7. The Bertz CT molecular complexity index is 1040. The summed E-state index contributed by atoms with van der Waals surface area (Å²) in [5.74, 6) is 0.768. The van der Waals surface area contributed by atoms with Gasteiger partial charge in [0.1, 0.15) is 0 Å². The van der Waals surface area contributed by atoms with Crippen LogP contribution in [0, 0.1) is 0 Å². The van der Waals surface area contributed by atoms with Gasteiger partial charge in [0.05, 0.1) is 6.04 Å². The maximum Gasteiger partial charge on any atom is 0.254 e. The number of nitrogens with zero attached hydrogens (tertiary/aromatic N) is 2. The quantitative estimate of drug-likeness (QED) is 0.293. The molecule has 162 valence electrons. The van der Waals surface area contributed by atoms with Gasteiger partial charge < -0.3 is 5.32 Å². The lowest BCUT2D eigenvalue weighted by atomic mass is 9.98. The second-order valence-electron chi connectivity index (χ2n) is 7.45. The third-order valence-corrected chi connectivity index (χ3v) is 6.22. The molecule has 1 N–H and O–H groups in total.